The molecule has 2 nitrogen and oxygen atoms in total. The van der Waals surface area contributed by atoms with Crippen molar-refractivity contribution < 1.29 is 60.1 Å². The summed E-state index contributed by atoms with van der Waals surface area (Å²) < 4.78 is 20.5. The van der Waals surface area contributed by atoms with Crippen LogP contribution in [0.3, 0.4) is 0 Å². The van der Waals surface area contributed by atoms with E-state index in [4.69, 9.17) is 0 Å². The Balaban J connectivity index is 0. The first-order valence-electron chi connectivity index (χ1n) is 2.35. The average Bonchev–Trinajstić information content (AvgIpc) is 1.21. The van der Waals surface area contributed by atoms with Crippen LogP contribution in [0.15, 0.2) is 0 Å². The minimum Gasteiger partial charge on any atom is -0.769 e. The maximum absolute atomic E-state index is 10.3. The van der Waals surface area contributed by atoms with E-state index in [0.717, 1.165) is 0 Å². The third kappa shape index (κ3) is 13.0. The van der Waals surface area contributed by atoms with Crippen LogP contribution in [-0.2, 0) is 20.0 Å². The van der Waals surface area contributed by atoms with Crippen LogP contribution in [0.4, 0.5) is 0 Å². The molecule has 1 atom stereocenters. The molecule has 0 aliphatic carbocycles. The molecule has 0 aliphatic rings. The fourth-order valence-electron chi connectivity index (χ4n) is 0.408. The summed E-state index contributed by atoms with van der Waals surface area (Å²) in [6.45, 7) is 3.65. The molecule has 0 rings (SSSR count). The van der Waals surface area contributed by atoms with Gasteiger partial charge in [0.05, 0.1) is 0 Å². The SMILES string of the molecule is CC(C)CS(=O)([O-])=S.[K+]. The van der Waals surface area contributed by atoms with E-state index in [-0.39, 0.29) is 63.1 Å². The van der Waals surface area contributed by atoms with Gasteiger partial charge in [-0.05, 0) is 25.9 Å². The second-order valence-electron chi connectivity index (χ2n) is 2.12. The van der Waals surface area contributed by atoms with Gasteiger partial charge in [-0.25, -0.2) is 0 Å². The second kappa shape index (κ2) is 5.60. The first-order valence-corrected chi connectivity index (χ1v) is 4.93. The van der Waals surface area contributed by atoms with E-state index < -0.39 is 8.77 Å². The first kappa shape index (κ1) is 13.5. The monoisotopic (exact) mass is 192 g/mol. The molecule has 0 aromatic heterocycles. The molecule has 9 heavy (non-hydrogen) atoms. The maximum atomic E-state index is 10.3. The van der Waals surface area contributed by atoms with Gasteiger partial charge in [-0.15, -0.1) is 0 Å². The molecule has 0 fully saturated rings. The van der Waals surface area contributed by atoms with Gasteiger partial charge in [0, 0.05) is 5.75 Å². The molecular formula is C4H9KO2S2. The van der Waals surface area contributed by atoms with E-state index >= 15 is 0 Å². The maximum Gasteiger partial charge on any atom is 1.00 e. The van der Waals surface area contributed by atoms with Crippen molar-refractivity contribution in [1.29, 1.82) is 0 Å². The molecule has 0 heterocycles. The Morgan fingerprint density at radius 1 is 1.67 bits per heavy atom. The summed E-state index contributed by atoms with van der Waals surface area (Å²) >= 11 is 4.13. The van der Waals surface area contributed by atoms with Gasteiger partial charge in [0.25, 0.3) is 0 Å². The third-order valence-corrected chi connectivity index (χ3v) is 2.02. The van der Waals surface area contributed by atoms with Crippen molar-refractivity contribution in [3.05, 3.63) is 0 Å². The van der Waals surface area contributed by atoms with Crippen LogP contribution < -0.4 is 51.4 Å². The molecule has 0 saturated heterocycles. The second-order valence-corrected chi connectivity index (χ2v) is 5.09. The van der Waals surface area contributed by atoms with Gasteiger partial charge in [0.2, 0.25) is 0 Å². The fraction of sp³-hybridized carbons (Fsp3) is 1.00. The van der Waals surface area contributed by atoms with E-state index in [0.29, 0.717) is 0 Å². The van der Waals surface area contributed by atoms with Crippen LogP contribution in [0.1, 0.15) is 13.8 Å². The van der Waals surface area contributed by atoms with E-state index in [1.165, 1.54) is 0 Å². The predicted octanol–water partition coefficient (Wildman–Crippen LogP) is -2.48. The van der Waals surface area contributed by atoms with Gasteiger partial charge in [-0.3, -0.25) is 4.21 Å². The largest absolute Gasteiger partial charge is 1.00 e. The summed E-state index contributed by atoms with van der Waals surface area (Å²) in [6, 6.07) is 0. The summed E-state index contributed by atoms with van der Waals surface area (Å²) in [5.41, 5.74) is 0. The van der Waals surface area contributed by atoms with Gasteiger partial charge in [-0.2, -0.15) is 0 Å². The van der Waals surface area contributed by atoms with E-state index in [1.54, 1.807) is 0 Å². The molecule has 0 amide bonds. The van der Waals surface area contributed by atoms with Gasteiger partial charge >= 0.3 is 51.4 Å². The molecule has 0 radical (unpaired) electrons. The number of hydrogen-bond donors (Lipinski definition) is 0. The van der Waals surface area contributed by atoms with Gasteiger partial charge in [0.15, 0.2) is 0 Å². The molecule has 0 N–H and O–H groups in total. The van der Waals surface area contributed by atoms with E-state index in [9.17, 15) is 8.76 Å². The van der Waals surface area contributed by atoms with Crippen molar-refractivity contribution in [3.8, 4) is 0 Å². The number of rotatable bonds is 2. The first-order chi connectivity index (χ1) is 3.42. The number of hydrogen-bond acceptors (Lipinski definition) is 3. The summed E-state index contributed by atoms with van der Waals surface area (Å²) in [7, 11) is -3.14. The Kier molecular flexibility index (Phi) is 8.42. The summed E-state index contributed by atoms with van der Waals surface area (Å²) in [4.78, 5) is 0. The molecule has 0 saturated carbocycles. The van der Waals surface area contributed by atoms with E-state index in [2.05, 4.69) is 11.2 Å². The quantitative estimate of drug-likeness (QED) is 0.455. The van der Waals surface area contributed by atoms with Crippen molar-refractivity contribution in [3.63, 3.8) is 0 Å². The molecule has 5 heteroatoms. The Morgan fingerprint density at radius 3 is 2.00 bits per heavy atom. The van der Waals surface area contributed by atoms with Crippen molar-refractivity contribution in [1.82, 2.24) is 0 Å². The fourth-order valence-corrected chi connectivity index (χ4v) is 2.04. The molecule has 0 bridgehead atoms. The average molecular weight is 192 g/mol. The zero-order chi connectivity index (χ0) is 6.78. The predicted molar refractivity (Wildman–Crippen MR) is 36.0 cm³/mol. The molecule has 1 unspecified atom stereocenters. The van der Waals surface area contributed by atoms with Crippen molar-refractivity contribution >= 4 is 20.0 Å². The van der Waals surface area contributed by atoms with Crippen LogP contribution in [0.25, 0.3) is 0 Å². The van der Waals surface area contributed by atoms with Crippen LogP contribution >= 0.6 is 0 Å². The standard InChI is InChI=1S/C4H10O2S2.K/c1-4(2)3-8(5,6)7;/h4H,3H2,1-2H3,(H,5,6,7);/q;+1/p-1. The normalized spacial score (nSPS) is 16.4. The minimum absolute atomic E-state index is 0. The summed E-state index contributed by atoms with van der Waals surface area (Å²) in [6.07, 6.45) is 0. The summed E-state index contributed by atoms with van der Waals surface area (Å²) in [5.74, 6) is 0.264. The minimum atomic E-state index is -3.14. The molecule has 50 valence electrons. The summed E-state index contributed by atoms with van der Waals surface area (Å²) in [5, 5.41) is 0. The molecule has 0 spiro atoms. The van der Waals surface area contributed by atoms with Crippen molar-refractivity contribution in [2.45, 2.75) is 13.8 Å². The Labute approximate surface area is 104 Å². The molecular weight excluding hydrogens is 183 g/mol. The van der Waals surface area contributed by atoms with Crippen LogP contribution in [-0.4, -0.2) is 14.5 Å². The van der Waals surface area contributed by atoms with Gasteiger partial charge < -0.3 is 4.55 Å². The van der Waals surface area contributed by atoms with E-state index in [1.807, 2.05) is 13.8 Å². The Morgan fingerprint density at radius 2 is 2.00 bits per heavy atom. The van der Waals surface area contributed by atoms with Crippen molar-refractivity contribution in [2.24, 2.45) is 5.92 Å². The zero-order valence-electron chi connectivity index (χ0n) is 5.92. The third-order valence-electron chi connectivity index (χ3n) is 0.537. The molecule has 0 aliphatic heterocycles. The molecule has 0 aromatic carbocycles. The van der Waals surface area contributed by atoms with Gasteiger partial charge in [0.1, 0.15) is 0 Å². The molecule has 0 aromatic rings. The Bertz CT molecular complexity index is 150. The van der Waals surface area contributed by atoms with Crippen LogP contribution in [0.2, 0.25) is 0 Å². The topological polar surface area (TPSA) is 40.1 Å². The van der Waals surface area contributed by atoms with Crippen molar-refractivity contribution in [2.75, 3.05) is 5.75 Å². The van der Waals surface area contributed by atoms with Crippen LogP contribution in [0, 0.1) is 5.92 Å². The zero-order valence-corrected chi connectivity index (χ0v) is 10.7. The van der Waals surface area contributed by atoms with Gasteiger partial charge in [-0.1, -0.05) is 13.8 Å². The Hall–Kier alpha value is 1.97. The van der Waals surface area contributed by atoms with Crippen LogP contribution in [0.5, 0.6) is 0 Å². The smallest absolute Gasteiger partial charge is 0.769 e.